The first-order chi connectivity index (χ1) is 13.9. The molecule has 0 atom stereocenters. The number of thioether (sulfide) groups is 1. The normalized spacial score (nSPS) is 15.7. The maximum Gasteiger partial charge on any atom is 0.416 e. The minimum Gasteiger partial charge on any atom is -0.343 e. The summed E-state index contributed by atoms with van der Waals surface area (Å²) in [7, 11) is 0. The number of nitrogens with zero attached hydrogens (tertiary/aromatic N) is 2. The summed E-state index contributed by atoms with van der Waals surface area (Å²) in [5.74, 6) is 1.22. The molecule has 1 aromatic heterocycles. The lowest BCUT2D eigenvalue weighted by Crippen LogP contribution is -2.31. The Morgan fingerprint density at radius 3 is 2.69 bits per heavy atom. The van der Waals surface area contributed by atoms with Gasteiger partial charge in [0.2, 0.25) is 5.91 Å². The molecule has 0 radical (unpaired) electrons. The average molecular weight is 425 g/mol. The van der Waals surface area contributed by atoms with Crippen LogP contribution in [0.15, 0.2) is 35.4 Å². The summed E-state index contributed by atoms with van der Waals surface area (Å²) in [6, 6.07) is 5.62. The largest absolute Gasteiger partial charge is 0.416 e. The van der Waals surface area contributed by atoms with E-state index in [0.29, 0.717) is 17.8 Å². The van der Waals surface area contributed by atoms with Gasteiger partial charge in [0.15, 0.2) is 0 Å². The number of hydrogen-bond donors (Lipinski definition) is 0. The summed E-state index contributed by atoms with van der Waals surface area (Å²) in [5.41, 5.74) is -0.283. The Morgan fingerprint density at radius 1 is 1.03 bits per heavy atom. The molecule has 29 heavy (non-hydrogen) atoms. The van der Waals surface area contributed by atoms with Gasteiger partial charge in [0.1, 0.15) is 0 Å². The van der Waals surface area contributed by atoms with Gasteiger partial charge in [-0.2, -0.15) is 13.2 Å². The molecule has 0 aliphatic carbocycles. The van der Waals surface area contributed by atoms with E-state index in [0.717, 1.165) is 86.2 Å². The highest BCUT2D eigenvalue weighted by molar-refractivity contribution is 7.99. The number of amides is 1. The van der Waals surface area contributed by atoms with Gasteiger partial charge < -0.3 is 4.90 Å². The van der Waals surface area contributed by atoms with Gasteiger partial charge in [0.25, 0.3) is 0 Å². The molecule has 0 unspecified atom stereocenters. The van der Waals surface area contributed by atoms with Crippen LogP contribution < -0.4 is 0 Å². The fourth-order valence-electron chi connectivity index (χ4n) is 3.64. The van der Waals surface area contributed by atoms with Crippen LogP contribution >= 0.6 is 11.8 Å². The quantitative estimate of drug-likeness (QED) is 0.368. The number of rotatable bonds is 8. The molecule has 0 N–H and O–H groups in total. The van der Waals surface area contributed by atoms with Gasteiger partial charge in [-0.15, -0.1) is 11.8 Å². The van der Waals surface area contributed by atoms with Gasteiger partial charge in [-0.25, -0.2) is 0 Å². The van der Waals surface area contributed by atoms with E-state index in [1.807, 2.05) is 11.0 Å². The van der Waals surface area contributed by atoms with E-state index in [9.17, 15) is 18.0 Å². The van der Waals surface area contributed by atoms with Crippen LogP contribution in [0.3, 0.4) is 0 Å². The lowest BCUT2D eigenvalue weighted by molar-refractivity contribution is -0.137. The Labute approximate surface area is 174 Å². The predicted octanol–water partition coefficient (Wildman–Crippen LogP) is 6.31. The molecule has 7 heteroatoms. The van der Waals surface area contributed by atoms with Crippen molar-refractivity contribution in [3.8, 4) is 0 Å². The Balaban J connectivity index is 1.41. The lowest BCUT2D eigenvalue weighted by atomic mass is 10.1. The van der Waals surface area contributed by atoms with Gasteiger partial charge in [-0.1, -0.05) is 25.3 Å². The van der Waals surface area contributed by atoms with Crippen LogP contribution in [-0.2, 0) is 11.0 Å². The molecule has 3 rings (SSSR count). The number of alkyl halides is 3. The Bertz CT molecular complexity index is 825. The van der Waals surface area contributed by atoms with Crippen LogP contribution in [0.2, 0.25) is 0 Å². The minimum absolute atomic E-state index is 0.302. The van der Waals surface area contributed by atoms with Crippen LogP contribution in [-0.4, -0.2) is 34.6 Å². The molecule has 3 nitrogen and oxygen atoms in total. The number of fused-ring (bicyclic) bond motifs is 1. The third-order valence-corrected chi connectivity index (χ3v) is 6.44. The van der Waals surface area contributed by atoms with E-state index < -0.39 is 11.7 Å². The maximum atomic E-state index is 12.9. The van der Waals surface area contributed by atoms with E-state index in [1.54, 1.807) is 18.0 Å². The number of halogens is 3. The predicted molar refractivity (Wildman–Crippen MR) is 111 cm³/mol. The summed E-state index contributed by atoms with van der Waals surface area (Å²) >= 11 is 1.67. The molecule has 0 bridgehead atoms. The number of hydrogen-bond acceptors (Lipinski definition) is 3. The molecular formula is C22H27F3N2OS. The van der Waals surface area contributed by atoms with Crippen LogP contribution in [0.1, 0.15) is 56.9 Å². The topological polar surface area (TPSA) is 33.2 Å². The Kier molecular flexibility index (Phi) is 7.81. The zero-order chi connectivity index (χ0) is 20.7. The van der Waals surface area contributed by atoms with Crippen molar-refractivity contribution in [2.45, 2.75) is 62.4 Å². The summed E-state index contributed by atoms with van der Waals surface area (Å²) in [6.45, 7) is 1.77. The molecule has 1 saturated heterocycles. The molecule has 1 aliphatic rings. The van der Waals surface area contributed by atoms with Crippen LogP contribution in [0.4, 0.5) is 13.2 Å². The van der Waals surface area contributed by atoms with Crippen molar-refractivity contribution in [1.82, 2.24) is 9.88 Å². The van der Waals surface area contributed by atoms with E-state index in [2.05, 4.69) is 4.98 Å². The first-order valence-electron chi connectivity index (χ1n) is 10.3. The summed E-state index contributed by atoms with van der Waals surface area (Å²) in [6.07, 6.45) is 5.48. The number of pyridine rings is 1. The molecule has 0 spiro atoms. The highest BCUT2D eigenvalue weighted by Gasteiger charge is 2.30. The summed E-state index contributed by atoms with van der Waals surface area (Å²) in [5, 5.41) is 0.769. The van der Waals surface area contributed by atoms with Crippen molar-refractivity contribution in [3.63, 3.8) is 0 Å². The number of unbranched alkanes of at least 4 members (excludes halogenated alkanes) is 3. The van der Waals surface area contributed by atoms with Crippen molar-refractivity contribution in [2.24, 2.45) is 0 Å². The van der Waals surface area contributed by atoms with E-state index in [1.165, 1.54) is 6.07 Å². The zero-order valence-corrected chi connectivity index (χ0v) is 17.3. The SMILES string of the molecule is O=C1CCCCCN1CCCCCCSc1ccnc2cc(C(F)(F)F)ccc12. The van der Waals surface area contributed by atoms with E-state index >= 15 is 0 Å². The molecule has 158 valence electrons. The van der Waals surface area contributed by atoms with Gasteiger partial charge >= 0.3 is 6.18 Å². The number of aromatic nitrogens is 1. The van der Waals surface area contributed by atoms with Crippen LogP contribution in [0.5, 0.6) is 0 Å². The molecule has 1 amide bonds. The molecule has 1 aliphatic heterocycles. The van der Waals surface area contributed by atoms with Gasteiger partial charge in [-0.05, 0) is 49.6 Å². The van der Waals surface area contributed by atoms with Crippen molar-refractivity contribution < 1.29 is 18.0 Å². The van der Waals surface area contributed by atoms with Gasteiger partial charge in [0.05, 0.1) is 11.1 Å². The van der Waals surface area contributed by atoms with Crippen molar-refractivity contribution in [3.05, 3.63) is 36.0 Å². The second kappa shape index (κ2) is 10.3. The van der Waals surface area contributed by atoms with Crippen molar-refractivity contribution in [2.75, 3.05) is 18.8 Å². The van der Waals surface area contributed by atoms with Crippen LogP contribution in [0, 0.1) is 0 Å². The molecule has 2 aromatic rings. The second-order valence-electron chi connectivity index (χ2n) is 7.49. The summed E-state index contributed by atoms with van der Waals surface area (Å²) < 4.78 is 38.6. The summed E-state index contributed by atoms with van der Waals surface area (Å²) in [4.78, 5) is 19.1. The number of likely N-dealkylation sites (tertiary alicyclic amines) is 1. The fourth-order valence-corrected chi connectivity index (χ4v) is 4.69. The highest BCUT2D eigenvalue weighted by atomic mass is 32.2. The van der Waals surface area contributed by atoms with Crippen molar-refractivity contribution in [1.29, 1.82) is 0 Å². The lowest BCUT2D eigenvalue weighted by Gasteiger charge is -2.20. The molecule has 0 saturated carbocycles. The van der Waals surface area contributed by atoms with Crippen molar-refractivity contribution >= 4 is 28.6 Å². The number of carbonyl (C=O) groups is 1. The third-order valence-electron chi connectivity index (χ3n) is 5.28. The Hall–Kier alpha value is -1.76. The second-order valence-corrected chi connectivity index (χ2v) is 8.63. The first kappa shape index (κ1) is 21.9. The molecule has 2 heterocycles. The monoisotopic (exact) mass is 424 g/mol. The average Bonchev–Trinajstić information content (AvgIpc) is 2.90. The standard InChI is InChI=1S/C22H27F3N2OS/c23-22(24,25)17-9-10-18-19(16-17)26-12-11-20(18)29-15-7-2-1-5-13-27-14-6-3-4-8-21(27)28/h9-12,16H,1-8,13-15H2. The van der Waals surface area contributed by atoms with E-state index in [4.69, 9.17) is 0 Å². The molecule has 1 fully saturated rings. The molecule has 1 aromatic carbocycles. The first-order valence-corrected chi connectivity index (χ1v) is 11.3. The number of carbonyl (C=O) groups excluding carboxylic acids is 1. The minimum atomic E-state index is -4.35. The van der Waals surface area contributed by atoms with Gasteiger partial charge in [-0.3, -0.25) is 9.78 Å². The third kappa shape index (κ3) is 6.36. The number of benzene rings is 1. The maximum absolute atomic E-state index is 12.9. The zero-order valence-electron chi connectivity index (χ0n) is 16.5. The Morgan fingerprint density at radius 2 is 1.86 bits per heavy atom. The van der Waals surface area contributed by atoms with E-state index in [-0.39, 0.29) is 0 Å². The highest BCUT2D eigenvalue weighted by Crippen LogP contribution is 2.34. The van der Waals surface area contributed by atoms with Crippen LogP contribution in [0.25, 0.3) is 10.9 Å². The molecular weight excluding hydrogens is 397 g/mol. The fraction of sp³-hybridized carbons (Fsp3) is 0.545. The smallest absolute Gasteiger partial charge is 0.343 e. The van der Waals surface area contributed by atoms with Gasteiger partial charge in [0, 0.05) is 36.0 Å².